The van der Waals surface area contributed by atoms with Gasteiger partial charge in [-0.05, 0) is 38.7 Å². The van der Waals surface area contributed by atoms with E-state index >= 15 is 0 Å². The van der Waals surface area contributed by atoms with Crippen molar-refractivity contribution >= 4 is 6.16 Å². The van der Waals surface area contributed by atoms with Crippen molar-refractivity contribution in [3.05, 3.63) is 12.7 Å². The van der Waals surface area contributed by atoms with E-state index in [4.69, 9.17) is 9.47 Å². The van der Waals surface area contributed by atoms with Crippen molar-refractivity contribution in [1.29, 1.82) is 0 Å². The summed E-state index contributed by atoms with van der Waals surface area (Å²) in [6.45, 7) is 10.2. The normalized spacial score (nSPS) is 11.0. The van der Waals surface area contributed by atoms with E-state index in [-0.39, 0.29) is 0 Å². The van der Waals surface area contributed by atoms with Gasteiger partial charge in [0.1, 0.15) is 5.60 Å². The summed E-state index contributed by atoms with van der Waals surface area (Å²) in [5.74, 6) is 0. The van der Waals surface area contributed by atoms with Crippen LogP contribution in [0, 0.1) is 0 Å². The Morgan fingerprint density at radius 3 is 2.06 bits per heavy atom. The highest BCUT2D eigenvalue weighted by Crippen LogP contribution is 2.27. The monoisotopic (exact) mass is 242 g/mol. The van der Waals surface area contributed by atoms with Gasteiger partial charge in [-0.15, -0.1) is 0 Å². The first-order valence-electron chi connectivity index (χ1n) is 6.63. The smallest absolute Gasteiger partial charge is 0.435 e. The first-order chi connectivity index (χ1) is 8.14. The Hall–Kier alpha value is -0.990. The maximum absolute atomic E-state index is 11.5. The Morgan fingerprint density at radius 2 is 1.71 bits per heavy atom. The van der Waals surface area contributed by atoms with Crippen LogP contribution >= 0.6 is 0 Å². The van der Waals surface area contributed by atoms with Crippen LogP contribution in [0.1, 0.15) is 59.3 Å². The molecule has 0 radical (unpaired) electrons. The average molecular weight is 242 g/mol. The van der Waals surface area contributed by atoms with E-state index in [9.17, 15) is 4.79 Å². The molecule has 0 fully saturated rings. The highest BCUT2D eigenvalue weighted by Gasteiger charge is 2.30. The third-order valence-corrected chi connectivity index (χ3v) is 2.83. The van der Waals surface area contributed by atoms with E-state index in [1.54, 1.807) is 13.0 Å². The molecule has 0 aliphatic carbocycles. The first-order valence-corrected chi connectivity index (χ1v) is 6.63. The first kappa shape index (κ1) is 16.0. The van der Waals surface area contributed by atoms with E-state index in [2.05, 4.69) is 20.4 Å². The fraction of sp³-hybridized carbons (Fsp3) is 0.786. The standard InChI is InChI=1S/C14H26O3/c1-5-9-11-14(7-3,12-10-6-2)17-13(15)16-8-4/h7H,3,5-6,8-12H2,1-2,4H3. The Balaban J connectivity index is 4.52. The quantitative estimate of drug-likeness (QED) is 0.442. The van der Waals surface area contributed by atoms with Gasteiger partial charge in [-0.2, -0.15) is 0 Å². The lowest BCUT2D eigenvalue weighted by Crippen LogP contribution is -2.33. The van der Waals surface area contributed by atoms with Gasteiger partial charge in [0.05, 0.1) is 6.61 Å². The number of carbonyl (C=O) groups excluding carboxylic acids is 1. The zero-order chi connectivity index (χ0) is 13.1. The molecule has 0 spiro atoms. The predicted molar refractivity (Wildman–Crippen MR) is 70.1 cm³/mol. The van der Waals surface area contributed by atoms with E-state index in [0.717, 1.165) is 38.5 Å². The molecule has 0 rings (SSSR count). The molecular formula is C14H26O3. The van der Waals surface area contributed by atoms with Crippen LogP contribution in [0.25, 0.3) is 0 Å². The Bertz CT molecular complexity index is 216. The van der Waals surface area contributed by atoms with Crippen molar-refractivity contribution < 1.29 is 14.3 Å². The molecule has 0 heterocycles. The topological polar surface area (TPSA) is 35.5 Å². The van der Waals surface area contributed by atoms with E-state index < -0.39 is 11.8 Å². The molecule has 100 valence electrons. The van der Waals surface area contributed by atoms with E-state index in [0.29, 0.717) is 6.61 Å². The summed E-state index contributed by atoms with van der Waals surface area (Å²) in [5.41, 5.74) is -0.543. The second-order valence-electron chi connectivity index (χ2n) is 4.26. The summed E-state index contributed by atoms with van der Waals surface area (Å²) in [5, 5.41) is 0. The summed E-state index contributed by atoms with van der Waals surface area (Å²) < 4.78 is 10.3. The number of ether oxygens (including phenoxy) is 2. The van der Waals surface area contributed by atoms with Crippen molar-refractivity contribution in [3.8, 4) is 0 Å². The van der Waals surface area contributed by atoms with Gasteiger partial charge in [0.15, 0.2) is 0 Å². The number of rotatable bonds is 9. The second-order valence-corrected chi connectivity index (χ2v) is 4.26. The zero-order valence-electron chi connectivity index (χ0n) is 11.5. The summed E-state index contributed by atoms with van der Waals surface area (Å²) in [6.07, 6.45) is 7.03. The second kappa shape index (κ2) is 9.08. The van der Waals surface area contributed by atoms with Crippen molar-refractivity contribution in [2.45, 2.75) is 64.9 Å². The van der Waals surface area contributed by atoms with Crippen LogP contribution in [0.3, 0.4) is 0 Å². The minimum Gasteiger partial charge on any atom is -0.435 e. The van der Waals surface area contributed by atoms with Gasteiger partial charge in [-0.25, -0.2) is 4.79 Å². The fourth-order valence-electron chi connectivity index (χ4n) is 1.74. The van der Waals surface area contributed by atoms with Crippen LogP contribution in [-0.2, 0) is 9.47 Å². The number of unbranched alkanes of at least 4 members (excludes halogenated alkanes) is 2. The molecule has 0 aromatic rings. The Kier molecular flexibility index (Phi) is 8.55. The van der Waals surface area contributed by atoms with Crippen molar-refractivity contribution in [3.63, 3.8) is 0 Å². The van der Waals surface area contributed by atoms with Crippen LogP contribution in [0.15, 0.2) is 12.7 Å². The molecule has 0 bridgehead atoms. The van der Waals surface area contributed by atoms with Crippen LogP contribution in [0.4, 0.5) is 4.79 Å². The van der Waals surface area contributed by atoms with Crippen molar-refractivity contribution in [2.24, 2.45) is 0 Å². The van der Waals surface area contributed by atoms with E-state index in [1.807, 2.05) is 0 Å². The Labute approximate surface area is 105 Å². The number of hydrogen-bond acceptors (Lipinski definition) is 3. The van der Waals surface area contributed by atoms with Gasteiger partial charge in [-0.3, -0.25) is 0 Å². The third-order valence-electron chi connectivity index (χ3n) is 2.83. The average Bonchev–Trinajstić information content (AvgIpc) is 2.33. The summed E-state index contributed by atoms with van der Waals surface area (Å²) in [4.78, 5) is 11.5. The van der Waals surface area contributed by atoms with Crippen molar-refractivity contribution in [1.82, 2.24) is 0 Å². The van der Waals surface area contributed by atoms with Gasteiger partial charge in [0.2, 0.25) is 0 Å². The Morgan fingerprint density at radius 1 is 1.18 bits per heavy atom. The maximum Gasteiger partial charge on any atom is 0.509 e. The molecule has 0 saturated carbocycles. The molecule has 0 aliphatic heterocycles. The molecule has 0 amide bonds. The van der Waals surface area contributed by atoms with Gasteiger partial charge in [-0.1, -0.05) is 33.3 Å². The van der Waals surface area contributed by atoms with E-state index in [1.165, 1.54) is 0 Å². The fourth-order valence-corrected chi connectivity index (χ4v) is 1.74. The summed E-state index contributed by atoms with van der Waals surface area (Å²) in [6, 6.07) is 0. The van der Waals surface area contributed by atoms with Gasteiger partial charge < -0.3 is 9.47 Å². The lowest BCUT2D eigenvalue weighted by atomic mass is 9.91. The summed E-state index contributed by atoms with van der Waals surface area (Å²) >= 11 is 0. The zero-order valence-corrected chi connectivity index (χ0v) is 11.5. The lowest BCUT2D eigenvalue weighted by molar-refractivity contribution is -0.0184. The molecule has 0 N–H and O–H groups in total. The molecule has 3 heteroatoms. The van der Waals surface area contributed by atoms with Crippen LogP contribution < -0.4 is 0 Å². The molecule has 0 aliphatic rings. The highest BCUT2D eigenvalue weighted by molar-refractivity contribution is 5.60. The molecule has 0 unspecified atom stereocenters. The molecule has 0 saturated heterocycles. The molecule has 0 aromatic heterocycles. The number of carbonyl (C=O) groups is 1. The largest absolute Gasteiger partial charge is 0.509 e. The van der Waals surface area contributed by atoms with Gasteiger partial charge in [0.25, 0.3) is 0 Å². The molecule has 0 aromatic carbocycles. The molecule has 0 atom stereocenters. The minimum atomic E-state index is -0.584. The molecule has 17 heavy (non-hydrogen) atoms. The minimum absolute atomic E-state index is 0.341. The SMILES string of the molecule is C=CC(CCCC)(CCCC)OC(=O)OCC. The maximum atomic E-state index is 11.5. The van der Waals surface area contributed by atoms with Gasteiger partial charge in [0, 0.05) is 0 Å². The predicted octanol–water partition coefficient (Wildman–Crippen LogP) is 4.46. The summed E-state index contributed by atoms with van der Waals surface area (Å²) in [7, 11) is 0. The van der Waals surface area contributed by atoms with Crippen LogP contribution in [-0.4, -0.2) is 18.4 Å². The van der Waals surface area contributed by atoms with Gasteiger partial charge >= 0.3 is 6.16 Å². The number of hydrogen-bond donors (Lipinski definition) is 0. The highest BCUT2D eigenvalue weighted by atomic mass is 16.7. The molecule has 3 nitrogen and oxygen atoms in total. The lowest BCUT2D eigenvalue weighted by Gasteiger charge is -2.29. The van der Waals surface area contributed by atoms with Crippen LogP contribution in [0.5, 0.6) is 0 Å². The van der Waals surface area contributed by atoms with Crippen LogP contribution in [0.2, 0.25) is 0 Å². The van der Waals surface area contributed by atoms with Crippen molar-refractivity contribution in [2.75, 3.05) is 6.61 Å². The third kappa shape index (κ3) is 6.35. The molecular weight excluding hydrogens is 216 g/mol.